The Morgan fingerprint density at radius 3 is 2.67 bits per heavy atom. The van der Waals surface area contributed by atoms with Crippen LogP contribution in [-0.4, -0.2) is 38.0 Å². The number of aromatic nitrogens is 2. The smallest absolute Gasteiger partial charge is 0.160 e. The number of benzene rings is 1. The van der Waals surface area contributed by atoms with Crippen molar-refractivity contribution in [2.75, 3.05) is 12.4 Å². The maximum Gasteiger partial charge on any atom is 0.160 e. The number of thioether (sulfide) groups is 1. The molecule has 3 aromatic rings. The normalized spacial score (nSPS) is 22.8. The first kappa shape index (κ1) is 19.2. The maximum atomic E-state index is 5.62. The van der Waals surface area contributed by atoms with Crippen molar-refractivity contribution in [3.05, 3.63) is 78.4 Å². The molecule has 3 unspecified atom stereocenters. The van der Waals surface area contributed by atoms with Gasteiger partial charge in [-0.1, -0.05) is 24.8 Å². The van der Waals surface area contributed by atoms with Gasteiger partial charge in [-0.3, -0.25) is 9.98 Å². The van der Waals surface area contributed by atoms with Gasteiger partial charge in [-0.25, -0.2) is 0 Å². The Bertz CT molecular complexity index is 1030. The summed E-state index contributed by atoms with van der Waals surface area (Å²) in [5.74, 6) is 2.00. The lowest BCUT2D eigenvalue weighted by Crippen LogP contribution is -2.36. The van der Waals surface area contributed by atoms with E-state index in [4.69, 9.17) is 9.73 Å². The molecule has 154 valence electrons. The Hall–Kier alpha value is -2.73. The van der Waals surface area contributed by atoms with Gasteiger partial charge in [0, 0.05) is 35.6 Å². The summed E-state index contributed by atoms with van der Waals surface area (Å²) in [7, 11) is 0. The highest BCUT2D eigenvalue weighted by atomic mass is 32.2. The van der Waals surface area contributed by atoms with Crippen molar-refractivity contribution in [1.29, 1.82) is 0 Å². The van der Waals surface area contributed by atoms with Gasteiger partial charge in [-0.05, 0) is 61.9 Å². The first-order chi connectivity index (χ1) is 14.8. The monoisotopic (exact) mass is 418 g/mol. The third kappa shape index (κ3) is 3.29. The minimum Gasteiger partial charge on any atom is -0.494 e. The minimum absolute atomic E-state index is 0.000557. The molecule has 0 amide bonds. The lowest BCUT2D eigenvalue weighted by atomic mass is 9.99. The molecule has 1 fully saturated rings. The summed E-state index contributed by atoms with van der Waals surface area (Å²) in [4.78, 5) is 12.3. The summed E-state index contributed by atoms with van der Waals surface area (Å²) in [5.41, 5.74) is 3.40. The van der Waals surface area contributed by atoms with E-state index in [1.165, 1.54) is 5.69 Å². The molecule has 1 saturated heterocycles. The zero-order valence-corrected chi connectivity index (χ0v) is 18.1. The van der Waals surface area contributed by atoms with Gasteiger partial charge in [0.25, 0.3) is 0 Å². The molecule has 2 aliphatic rings. The highest BCUT2D eigenvalue weighted by Gasteiger charge is 2.46. The third-order valence-electron chi connectivity index (χ3n) is 5.84. The van der Waals surface area contributed by atoms with Gasteiger partial charge in [0.1, 0.15) is 17.8 Å². The van der Waals surface area contributed by atoms with E-state index in [1.54, 1.807) is 0 Å². The van der Waals surface area contributed by atoms with E-state index in [1.807, 2.05) is 43.1 Å². The van der Waals surface area contributed by atoms with Crippen molar-refractivity contribution < 1.29 is 4.74 Å². The molecule has 2 aromatic heterocycles. The predicted octanol–water partition coefficient (Wildman–Crippen LogP) is 5.25. The second kappa shape index (κ2) is 8.19. The van der Waals surface area contributed by atoms with Gasteiger partial charge in [0.2, 0.25) is 0 Å². The molecule has 4 heterocycles. The van der Waals surface area contributed by atoms with E-state index >= 15 is 0 Å². The Kier molecular flexibility index (Phi) is 5.25. The molecular weight excluding hydrogens is 392 g/mol. The SMILES string of the molecule is CCOc1ccc(-n2cccc2C2C(c3ccccn3)N=C3SCC(CC)N32)cc1. The van der Waals surface area contributed by atoms with Crippen molar-refractivity contribution in [3.8, 4) is 11.4 Å². The van der Waals surface area contributed by atoms with Gasteiger partial charge in [-0.2, -0.15) is 0 Å². The number of rotatable bonds is 6. The number of aliphatic imine (C=N–C) groups is 1. The summed E-state index contributed by atoms with van der Waals surface area (Å²) in [6.07, 6.45) is 5.12. The van der Waals surface area contributed by atoms with Crippen molar-refractivity contribution in [2.24, 2.45) is 4.99 Å². The first-order valence-electron chi connectivity index (χ1n) is 10.6. The molecule has 2 aliphatic heterocycles. The number of hydrogen-bond acceptors (Lipinski definition) is 5. The Balaban J connectivity index is 1.57. The maximum absolute atomic E-state index is 5.62. The van der Waals surface area contributed by atoms with Crippen LogP contribution >= 0.6 is 11.8 Å². The van der Waals surface area contributed by atoms with Crippen LogP contribution in [0.1, 0.15) is 43.7 Å². The Morgan fingerprint density at radius 1 is 1.07 bits per heavy atom. The van der Waals surface area contributed by atoms with Gasteiger partial charge < -0.3 is 14.2 Å². The fourth-order valence-corrected chi connectivity index (χ4v) is 5.75. The second-order valence-corrected chi connectivity index (χ2v) is 8.55. The van der Waals surface area contributed by atoms with Crippen LogP contribution in [0.2, 0.25) is 0 Å². The van der Waals surface area contributed by atoms with Crippen LogP contribution in [0, 0.1) is 0 Å². The average molecular weight is 419 g/mol. The van der Waals surface area contributed by atoms with Crippen molar-refractivity contribution >= 4 is 16.9 Å². The molecule has 0 aliphatic carbocycles. The number of amidine groups is 1. The van der Waals surface area contributed by atoms with E-state index in [0.29, 0.717) is 12.6 Å². The molecule has 6 heteroatoms. The van der Waals surface area contributed by atoms with Crippen LogP contribution < -0.4 is 4.74 Å². The fourth-order valence-electron chi connectivity index (χ4n) is 4.41. The standard InChI is InChI=1S/C24H26N4OS/c1-3-17-16-30-24-26-22(20-8-5-6-14-25-20)23(28(17)24)21-9-7-15-27(21)18-10-12-19(13-11-18)29-4-2/h5-15,17,22-23H,3-4,16H2,1-2H3. The van der Waals surface area contributed by atoms with E-state index in [9.17, 15) is 0 Å². The lowest BCUT2D eigenvalue weighted by Gasteiger charge is -2.32. The molecule has 5 nitrogen and oxygen atoms in total. The number of fused-ring (bicyclic) bond motifs is 1. The molecular formula is C24H26N4OS. The lowest BCUT2D eigenvalue weighted by molar-refractivity contribution is 0.249. The third-order valence-corrected chi connectivity index (χ3v) is 6.96. The number of hydrogen-bond donors (Lipinski definition) is 0. The molecule has 30 heavy (non-hydrogen) atoms. The fraction of sp³-hybridized carbons (Fsp3) is 0.333. The van der Waals surface area contributed by atoms with Crippen LogP contribution in [0.4, 0.5) is 0 Å². The zero-order valence-electron chi connectivity index (χ0n) is 17.3. The predicted molar refractivity (Wildman–Crippen MR) is 122 cm³/mol. The van der Waals surface area contributed by atoms with E-state index in [-0.39, 0.29) is 12.1 Å². The average Bonchev–Trinajstić information content (AvgIpc) is 3.50. The second-order valence-electron chi connectivity index (χ2n) is 7.57. The Labute approximate surface area is 181 Å². The summed E-state index contributed by atoms with van der Waals surface area (Å²) >= 11 is 1.88. The molecule has 0 spiro atoms. The molecule has 1 aromatic carbocycles. The van der Waals surface area contributed by atoms with E-state index in [2.05, 4.69) is 64.0 Å². The van der Waals surface area contributed by atoms with Crippen molar-refractivity contribution in [3.63, 3.8) is 0 Å². The highest BCUT2D eigenvalue weighted by Crippen LogP contribution is 2.48. The van der Waals surface area contributed by atoms with E-state index < -0.39 is 0 Å². The Morgan fingerprint density at radius 2 is 1.93 bits per heavy atom. The molecule has 0 bridgehead atoms. The van der Waals surface area contributed by atoms with Crippen LogP contribution in [0.25, 0.3) is 5.69 Å². The molecule has 5 rings (SSSR count). The summed E-state index contributed by atoms with van der Waals surface area (Å²) < 4.78 is 7.90. The van der Waals surface area contributed by atoms with Gasteiger partial charge >= 0.3 is 0 Å². The number of ether oxygens (including phenoxy) is 1. The zero-order chi connectivity index (χ0) is 20.5. The van der Waals surface area contributed by atoms with Crippen LogP contribution in [0.15, 0.2) is 72.0 Å². The topological polar surface area (TPSA) is 42.6 Å². The molecule has 0 saturated carbocycles. The largest absolute Gasteiger partial charge is 0.494 e. The van der Waals surface area contributed by atoms with Gasteiger partial charge in [0.05, 0.1) is 12.3 Å². The minimum atomic E-state index is -0.000557. The first-order valence-corrected chi connectivity index (χ1v) is 11.6. The van der Waals surface area contributed by atoms with Crippen molar-refractivity contribution in [1.82, 2.24) is 14.5 Å². The van der Waals surface area contributed by atoms with Crippen LogP contribution in [-0.2, 0) is 0 Å². The van der Waals surface area contributed by atoms with Crippen LogP contribution in [0.5, 0.6) is 5.75 Å². The molecule has 0 radical (unpaired) electrons. The summed E-state index contributed by atoms with van der Waals surface area (Å²) in [5, 5.41) is 1.15. The summed E-state index contributed by atoms with van der Waals surface area (Å²) in [6, 6.07) is 19.4. The van der Waals surface area contributed by atoms with Crippen molar-refractivity contribution in [2.45, 2.75) is 38.4 Å². The van der Waals surface area contributed by atoms with Gasteiger partial charge in [-0.15, -0.1) is 0 Å². The number of pyridine rings is 1. The molecule has 0 N–H and O–H groups in total. The molecule has 3 atom stereocenters. The highest BCUT2D eigenvalue weighted by molar-refractivity contribution is 8.14. The quantitative estimate of drug-likeness (QED) is 0.548. The van der Waals surface area contributed by atoms with Crippen LogP contribution in [0.3, 0.4) is 0 Å². The number of nitrogens with zero attached hydrogens (tertiary/aromatic N) is 4. The van der Waals surface area contributed by atoms with Gasteiger partial charge in [0.15, 0.2) is 5.17 Å². The summed E-state index contributed by atoms with van der Waals surface area (Å²) in [6.45, 7) is 4.95. The van der Waals surface area contributed by atoms with E-state index in [0.717, 1.165) is 34.5 Å².